The van der Waals surface area contributed by atoms with Crippen LogP contribution in [0, 0.1) is 0 Å². The third-order valence-electron chi connectivity index (χ3n) is 2.70. The number of carbonyl (C=O) groups is 1. The van der Waals surface area contributed by atoms with E-state index < -0.39 is 15.8 Å². The van der Waals surface area contributed by atoms with Gasteiger partial charge < -0.3 is 10.4 Å². The number of nitrogens with one attached hydrogen (secondary N) is 1. The molecule has 2 N–H and O–H groups in total. The summed E-state index contributed by atoms with van der Waals surface area (Å²) in [6, 6.07) is 12.8. The minimum absolute atomic E-state index is 0.0150. The number of rotatable bonds is 4. The summed E-state index contributed by atoms with van der Waals surface area (Å²) in [5, 5.41) is 12.1. The topological polar surface area (TPSA) is 83.5 Å². The van der Waals surface area contributed by atoms with Gasteiger partial charge in [-0.3, -0.25) is 0 Å². The van der Waals surface area contributed by atoms with E-state index in [2.05, 4.69) is 5.32 Å². The molecule has 2 aromatic rings. The molecule has 0 heterocycles. The van der Waals surface area contributed by atoms with Gasteiger partial charge in [-0.2, -0.15) is 0 Å². The highest BCUT2D eigenvalue weighted by molar-refractivity contribution is 7.90. The first-order valence-electron chi connectivity index (χ1n) is 5.77. The summed E-state index contributed by atoms with van der Waals surface area (Å²) in [6.45, 7) is 0. The van der Waals surface area contributed by atoms with Crippen LogP contribution in [0.5, 0.6) is 0 Å². The number of carboxylic acid groups (broad SMARTS) is 1. The van der Waals surface area contributed by atoms with Crippen LogP contribution in [-0.2, 0) is 9.84 Å². The lowest BCUT2D eigenvalue weighted by molar-refractivity contribution is 0.0698. The van der Waals surface area contributed by atoms with Gasteiger partial charge in [-0.05, 0) is 30.3 Å². The Morgan fingerprint density at radius 3 is 2.30 bits per heavy atom. The van der Waals surface area contributed by atoms with Crippen LogP contribution in [0.1, 0.15) is 10.4 Å². The van der Waals surface area contributed by atoms with Crippen molar-refractivity contribution in [2.45, 2.75) is 4.90 Å². The highest BCUT2D eigenvalue weighted by Gasteiger charge is 2.15. The Morgan fingerprint density at radius 1 is 1.10 bits per heavy atom. The summed E-state index contributed by atoms with van der Waals surface area (Å²) >= 11 is 0. The van der Waals surface area contributed by atoms with Crippen LogP contribution < -0.4 is 5.32 Å². The minimum atomic E-state index is -3.39. The Labute approximate surface area is 116 Å². The average Bonchev–Trinajstić information content (AvgIpc) is 2.38. The molecule has 0 unspecified atom stereocenters. The van der Waals surface area contributed by atoms with Crippen molar-refractivity contribution in [3.8, 4) is 0 Å². The van der Waals surface area contributed by atoms with Crippen molar-refractivity contribution in [3.05, 3.63) is 54.1 Å². The number of carboxylic acids is 1. The molecular weight excluding hydrogens is 278 g/mol. The third kappa shape index (κ3) is 3.16. The van der Waals surface area contributed by atoms with E-state index in [9.17, 15) is 13.2 Å². The SMILES string of the molecule is CS(=O)(=O)c1ccc(C(=O)O)c(Nc2ccccc2)c1. The van der Waals surface area contributed by atoms with E-state index >= 15 is 0 Å². The van der Waals surface area contributed by atoms with Gasteiger partial charge in [0.05, 0.1) is 16.1 Å². The smallest absolute Gasteiger partial charge is 0.337 e. The highest BCUT2D eigenvalue weighted by atomic mass is 32.2. The molecule has 0 saturated heterocycles. The van der Waals surface area contributed by atoms with Crippen LogP contribution in [0.2, 0.25) is 0 Å². The molecule has 0 aromatic heterocycles. The van der Waals surface area contributed by atoms with Crippen molar-refractivity contribution in [2.75, 3.05) is 11.6 Å². The van der Waals surface area contributed by atoms with Crippen molar-refractivity contribution >= 4 is 27.2 Å². The van der Waals surface area contributed by atoms with Crippen LogP contribution >= 0.6 is 0 Å². The Hall–Kier alpha value is -2.34. The quantitative estimate of drug-likeness (QED) is 0.904. The van der Waals surface area contributed by atoms with E-state index in [1.807, 2.05) is 6.07 Å². The maximum atomic E-state index is 11.5. The first-order chi connectivity index (χ1) is 9.38. The first kappa shape index (κ1) is 14.1. The van der Waals surface area contributed by atoms with Crippen LogP contribution in [0.25, 0.3) is 0 Å². The predicted molar refractivity (Wildman–Crippen MR) is 76.2 cm³/mol. The zero-order chi connectivity index (χ0) is 14.8. The Bertz CT molecular complexity index is 739. The number of hydrogen-bond donors (Lipinski definition) is 2. The minimum Gasteiger partial charge on any atom is -0.478 e. The number of sulfone groups is 1. The molecule has 0 fully saturated rings. The molecule has 0 aliphatic rings. The van der Waals surface area contributed by atoms with Crippen LogP contribution in [0.15, 0.2) is 53.4 Å². The summed E-state index contributed by atoms with van der Waals surface area (Å²) in [7, 11) is -3.39. The van der Waals surface area contributed by atoms with Gasteiger partial charge in [-0.15, -0.1) is 0 Å². The molecule has 6 heteroatoms. The molecule has 104 valence electrons. The molecule has 0 aliphatic carbocycles. The van der Waals surface area contributed by atoms with Crippen molar-refractivity contribution < 1.29 is 18.3 Å². The van der Waals surface area contributed by atoms with Gasteiger partial charge in [0.25, 0.3) is 0 Å². The zero-order valence-corrected chi connectivity index (χ0v) is 11.5. The van der Waals surface area contributed by atoms with E-state index in [4.69, 9.17) is 5.11 Å². The van der Waals surface area contributed by atoms with Gasteiger partial charge in [0.1, 0.15) is 0 Å². The molecule has 0 amide bonds. The summed E-state index contributed by atoms with van der Waals surface area (Å²) in [6.07, 6.45) is 1.08. The fourth-order valence-corrected chi connectivity index (χ4v) is 2.37. The number of hydrogen-bond acceptors (Lipinski definition) is 4. The number of para-hydroxylation sites is 1. The Morgan fingerprint density at radius 2 is 1.75 bits per heavy atom. The Kier molecular flexibility index (Phi) is 3.76. The van der Waals surface area contributed by atoms with E-state index in [0.29, 0.717) is 5.69 Å². The normalized spacial score (nSPS) is 11.1. The summed E-state index contributed by atoms with van der Waals surface area (Å²) in [4.78, 5) is 11.3. The second-order valence-electron chi connectivity index (χ2n) is 4.28. The summed E-state index contributed by atoms with van der Waals surface area (Å²) < 4.78 is 23.1. The fraction of sp³-hybridized carbons (Fsp3) is 0.0714. The molecule has 0 radical (unpaired) electrons. The number of benzene rings is 2. The molecule has 0 spiro atoms. The first-order valence-corrected chi connectivity index (χ1v) is 7.66. The van der Waals surface area contributed by atoms with Crippen LogP contribution in [0.4, 0.5) is 11.4 Å². The number of anilines is 2. The van der Waals surface area contributed by atoms with Crippen molar-refractivity contribution in [2.24, 2.45) is 0 Å². The lowest BCUT2D eigenvalue weighted by Gasteiger charge is -2.11. The van der Waals surface area contributed by atoms with Crippen molar-refractivity contribution in [1.82, 2.24) is 0 Å². The van der Waals surface area contributed by atoms with Gasteiger partial charge in [0, 0.05) is 11.9 Å². The molecular formula is C14H13NO4S. The molecule has 0 bridgehead atoms. The summed E-state index contributed by atoms with van der Waals surface area (Å²) in [5.74, 6) is -1.12. The lowest BCUT2D eigenvalue weighted by Crippen LogP contribution is -2.05. The van der Waals surface area contributed by atoms with Crippen molar-refractivity contribution in [1.29, 1.82) is 0 Å². The van der Waals surface area contributed by atoms with Gasteiger partial charge in [-0.1, -0.05) is 18.2 Å². The predicted octanol–water partition coefficient (Wildman–Crippen LogP) is 2.53. The standard InChI is InChI=1S/C14H13NO4S/c1-20(18,19)11-7-8-12(14(16)17)13(9-11)15-10-5-3-2-4-6-10/h2-9,15H,1H3,(H,16,17). The second kappa shape index (κ2) is 5.34. The maximum absolute atomic E-state index is 11.5. The zero-order valence-electron chi connectivity index (χ0n) is 10.7. The fourth-order valence-electron chi connectivity index (χ4n) is 1.72. The van der Waals surface area contributed by atoms with E-state index in [-0.39, 0.29) is 16.1 Å². The Balaban J connectivity index is 2.50. The van der Waals surface area contributed by atoms with Crippen LogP contribution in [-0.4, -0.2) is 25.7 Å². The monoisotopic (exact) mass is 291 g/mol. The van der Waals surface area contributed by atoms with Gasteiger partial charge in [0.15, 0.2) is 9.84 Å². The average molecular weight is 291 g/mol. The summed E-state index contributed by atoms with van der Waals surface area (Å²) in [5.41, 5.74) is 0.938. The van der Waals surface area contributed by atoms with E-state index in [0.717, 1.165) is 6.26 Å². The number of aromatic carboxylic acids is 1. The molecule has 2 rings (SSSR count). The molecule has 0 saturated carbocycles. The molecule has 20 heavy (non-hydrogen) atoms. The highest BCUT2D eigenvalue weighted by Crippen LogP contribution is 2.24. The largest absolute Gasteiger partial charge is 0.478 e. The maximum Gasteiger partial charge on any atom is 0.337 e. The van der Waals surface area contributed by atoms with Gasteiger partial charge in [-0.25, -0.2) is 13.2 Å². The van der Waals surface area contributed by atoms with Gasteiger partial charge >= 0.3 is 5.97 Å². The molecule has 0 aliphatic heterocycles. The van der Waals surface area contributed by atoms with E-state index in [1.165, 1.54) is 18.2 Å². The molecule has 5 nitrogen and oxygen atoms in total. The van der Waals surface area contributed by atoms with Crippen LogP contribution in [0.3, 0.4) is 0 Å². The van der Waals surface area contributed by atoms with Gasteiger partial charge in [0.2, 0.25) is 0 Å². The van der Waals surface area contributed by atoms with E-state index in [1.54, 1.807) is 24.3 Å². The third-order valence-corrected chi connectivity index (χ3v) is 3.81. The lowest BCUT2D eigenvalue weighted by atomic mass is 10.1. The molecule has 2 aromatic carbocycles. The molecule has 0 atom stereocenters. The van der Waals surface area contributed by atoms with Crippen molar-refractivity contribution in [3.63, 3.8) is 0 Å². The second-order valence-corrected chi connectivity index (χ2v) is 6.29.